The van der Waals surface area contributed by atoms with E-state index in [9.17, 15) is 4.79 Å². The number of nitrogens with zero attached hydrogens (tertiary/aromatic N) is 5. The van der Waals surface area contributed by atoms with E-state index in [4.69, 9.17) is 14.5 Å². The smallest absolute Gasteiger partial charge is 0.237 e. The molecule has 0 aliphatic carbocycles. The molecule has 1 aliphatic rings. The number of anilines is 1. The van der Waals surface area contributed by atoms with Crippen molar-refractivity contribution < 1.29 is 14.3 Å². The zero-order valence-corrected chi connectivity index (χ0v) is 19.3. The normalized spacial score (nSPS) is 15.8. The highest BCUT2D eigenvalue weighted by Gasteiger charge is 2.24. The number of methoxy groups -OCH3 is 2. The van der Waals surface area contributed by atoms with Crippen LogP contribution in [0.1, 0.15) is 30.5 Å². The van der Waals surface area contributed by atoms with Crippen molar-refractivity contribution in [3.05, 3.63) is 54.2 Å². The number of benzene rings is 1. The first-order valence-corrected chi connectivity index (χ1v) is 11.1. The van der Waals surface area contributed by atoms with Gasteiger partial charge in [0, 0.05) is 61.8 Å². The van der Waals surface area contributed by atoms with E-state index in [1.54, 1.807) is 31.3 Å². The lowest BCUT2D eigenvalue weighted by Crippen LogP contribution is -2.38. The molecule has 9 heteroatoms. The summed E-state index contributed by atoms with van der Waals surface area (Å²) in [7, 11) is 3.23. The molecule has 1 N–H and O–H groups in total. The molecule has 3 aromatic rings. The van der Waals surface area contributed by atoms with Crippen LogP contribution in [0.25, 0.3) is 5.95 Å². The van der Waals surface area contributed by atoms with Gasteiger partial charge in [0.2, 0.25) is 11.9 Å². The fourth-order valence-electron chi connectivity index (χ4n) is 4.16. The second kappa shape index (κ2) is 10.3. The average molecular weight is 451 g/mol. The molecule has 1 atom stereocenters. The van der Waals surface area contributed by atoms with Gasteiger partial charge in [0.25, 0.3) is 0 Å². The van der Waals surface area contributed by atoms with Crippen molar-refractivity contribution in [2.24, 2.45) is 5.92 Å². The van der Waals surface area contributed by atoms with Crippen molar-refractivity contribution >= 4 is 11.7 Å². The lowest BCUT2D eigenvalue weighted by atomic mass is 9.94. The van der Waals surface area contributed by atoms with Crippen molar-refractivity contribution in [2.75, 3.05) is 32.2 Å². The molecule has 1 aromatic carbocycles. The van der Waals surface area contributed by atoms with Gasteiger partial charge in [0.05, 0.1) is 14.2 Å². The van der Waals surface area contributed by atoms with Gasteiger partial charge in [-0.1, -0.05) is 0 Å². The lowest BCUT2D eigenvalue weighted by Gasteiger charge is -2.33. The molecule has 0 spiro atoms. The third kappa shape index (κ3) is 5.60. The topological polar surface area (TPSA) is 94.4 Å². The quantitative estimate of drug-likeness (QED) is 0.564. The number of aromatic nitrogens is 4. The molecule has 1 fully saturated rings. The van der Waals surface area contributed by atoms with E-state index in [1.165, 1.54) is 0 Å². The molecule has 1 saturated heterocycles. The molecular formula is C24H30N6O3. The summed E-state index contributed by atoms with van der Waals surface area (Å²) in [4.78, 5) is 28.3. The second-order valence-corrected chi connectivity index (χ2v) is 8.25. The molecule has 9 nitrogen and oxygen atoms in total. The third-order valence-electron chi connectivity index (χ3n) is 5.85. The van der Waals surface area contributed by atoms with Crippen molar-refractivity contribution in [1.82, 2.24) is 24.8 Å². The molecule has 4 rings (SSSR count). The molecule has 3 heterocycles. The fraction of sp³-hybridized carbons (Fsp3) is 0.417. The number of piperidine rings is 1. The largest absolute Gasteiger partial charge is 0.497 e. The lowest BCUT2D eigenvalue weighted by molar-refractivity contribution is -0.122. The van der Waals surface area contributed by atoms with E-state index in [0.29, 0.717) is 24.7 Å². The molecule has 0 bridgehead atoms. The third-order valence-corrected chi connectivity index (χ3v) is 5.85. The van der Waals surface area contributed by atoms with Crippen LogP contribution in [-0.2, 0) is 11.3 Å². The van der Waals surface area contributed by atoms with Crippen LogP contribution >= 0.6 is 0 Å². The molecule has 1 unspecified atom stereocenters. The maximum Gasteiger partial charge on any atom is 0.237 e. The number of hydrogen-bond acceptors (Lipinski definition) is 7. The summed E-state index contributed by atoms with van der Waals surface area (Å²) in [6.07, 6.45) is 7.76. The van der Waals surface area contributed by atoms with Crippen molar-refractivity contribution in [1.29, 1.82) is 0 Å². The highest BCUT2D eigenvalue weighted by molar-refractivity contribution is 5.76. The first kappa shape index (κ1) is 22.6. The molecule has 0 saturated carbocycles. The summed E-state index contributed by atoms with van der Waals surface area (Å²) >= 11 is 0. The zero-order valence-electron chi connectivity index (χ0n) is 19.3. The Kier molecular flexibility index (Phi) is 7.07. The maximum absolute atomic E-state index is 12.7. The standard InChI is InChI=1S/C24H30N6O3/c1-17-11-22(28-24(27-17)30-10-8-25-16-30)29-9-4-5-18(15-29)12-23(31)26-14-19-6-7-20(32-2)13-21(19)33-3/h6-8,10-11,13,16,18H,4-5,9,12,14-15H2,1-3H3,(H,26,31). The van der Waals surface area contributed by atoms with E-state index in [1.807, 2.05) is 37.4 Å². The maximum atomic E-state index is 12.7. The predicted octanol–water partition coefficient (Wildman–Crippen LogP) is 2.91. The number of carbonyl (C=O) groups is 1. The van der Waals surface area contributed by atoms with Gasteiger partial charge in [-0.3, -0.25) is 9.36 Å². The Morgan fingerprint density at radius 3 is 2.85 bits per heavy atom. The van der Waals surface area contributed by atoms with E-state index in [-0.39, 0.29) is 11.8 Å². The van der Waals surface area contributed by atoms with Crippen LogP contribution in [0.5, 0.6) is 11.5 Å². The Hall–Kier alpha value is -3.62. The first-order chi connectivity index (χ1) is 16.1. The van der Waals surface area contributed by atoms with Gasteiger partial charge in [0.15, 0.2) is 0 Å². The van der Waals surface area contributed by atoms with E-state index < -0.39 is 0 Å². The summed E-state index contributed by atoms with van der Waals surface area (Å²) in [6, 6.07) is 7.60. The molecule has 1 aliphatic heterocycles. The molecule has 1 amide bonds. The fourth-order valence-corrected chi connectivity index (χ4v) is 4.16. The van der Waals surface area contributed by atoms with Crippen LogP contribution < -0.4 is 19.7 Å². The molecular weight excluding hydrogens is 420 g/mol. The highest BCUT2D eigenvalue weighted by atomic mass is 16.5. The van der Waals surface area contributed by atoms with Crippen LogP contribution in [0.4, 0.5) is 5.82 Å². The minimum Gasteiger partial charge on any atom is -0.497 e. The zero-order chi connectivity index (χ0) is 23.2. The summed E-state index contributed by atoms with van der Waals surface area (Å²) < 4.78 is 12.5. The SMILES string of the molecule is COc1ccc(CNC(=O)CC2CCCN(c3cc(C)nc(-n4ccnc4)n3)C2)c(OC)c1. The highest BCUT2D eigenvalue weighted by Crippen LogP contribution is 2.26. The van der Waals surface area contributed by atoms with Crippen molar-refractivity contribution in [3.63, 3.8) is 0 Å². The number of rotatable bonds is 8. The number of ether oxygens (including phenoxy) is 2. The summed E-state index contributed by atoms with van der Waals surface area (Å²) in [5.74, 6) is 3.22. The van der Waals surface area contributed by atoms with Crippen LogP contribution in [0.3, 0.4) is 0 Å². The number of nitrogens with one attached hydrogen (secondary N) is 1. The van der Waals surface area contributed by atoms with Gasteiger partial charge in [0.1, 0.15) is 23.6 Å². The predicted molar refractivity (Wildman–Crippen MR) is 125 cm³/mol. The van der Waals surface area contributed by atoms with Gasteiger partial charge in [-0.25, -0.2) is 9.97 Å². The number of imidazole rings is 1. The molecule has 2 aromatic heterocycles. The Morgan fingerprint density at radius 1 is 1.21 bits per heavy atom. The average Bonchev–Trinajstić information content (AvgIpc) is 3.37. The van der Waals surface area contributed by atoms with E-state index in [2.05, 4.69) is 20.2 Å². The minimum absolute atomic E-state index is 0.0395. The molecule has 0 radical (unpaired) electrons. The molecule has 174 valence electrons. The first-order valence-electron chi connectivity index (χ1n) is 11.1. The number of hydrogen-bond donors (Lipinski definition) is 1. The summed E-state index contributed by atoms with van der Waals surface area (Å²) in [5.41, 5.74) is 1.82. The van der Waals surface area contributed by atoms with E-state index in [0.717, 1.165) is 48.8 Å². The monoisotopic (exact) mass is 450 g/mol. The minimum atomic E-state index is 0.0395. The number of aryl methyl sites for hydroxylation is 1. The number of amides is 1. The van der Waals surface area contributed by atoms with Crippen LogP contribution in [-0.4, -0.2) is 52.7 Å². The van der Waals surface area contributed by atoms with Crippen LogP contribution in [0.2, 0.25) is 0 Å². The van der Waals surface area contributed by atoms with Gasteiger partial charge >= 0.3 is 0 Å². The molecule has 33 heavy (non-hydrogen) atoms. The van der Waals surface area contributed by atoms with E-state index >= 15 is 0 Å². The summed E-state index contributed by atoms with van der Waals surface area (Å²) in [5, 5.41) is 3.04. The number of carbonyl (C=O) groups excluding carboxylic acids is 1. The second-order valence-electron chi connectivity index (χ2n) is 8.25. The Labute approximate surface area is 193 Å². The van der Waals surface area contributed by atoms with Gasteiger partial charge in [-0.15, -0.1) is 0 Å². The summed E-state index contributed by atoms with van der Waals surface area (Å²) in [6.45, 7) is 4.09. The van der Waals surface area contributed by atoms with Crippen molar-refractivity contribution in [2.45, 2.75) is 32.7 Å². The Morgan fingerprint density at radius 2 is 2.09 bits per heavy atom. The Balaban J connectivity index is 1.36. The van der Waals surface area contributed by atoms with Gasteiger partial charge in [-0.2, -0.15) is 4.98 Å². The van der Waals surface area contributed by atoms with Crippen LogP contribution in [0, 0.1) is 12.8 Å². The van der Waals surface area contributed by atoms with Crippen LogP contribution in [0.15, 0.2) is 43.0 Å². The Bertz CT molecular complexity index is 1090. The van der Waals surface area contributed by atoms with Gasteiger partial charge < -0.3 is 19.7 Å². The van der Waals surface area contributed by atoms with Gasteiger partial charge in [-0.05, 0) is 37.8 Å². The van der Waals surface area contributed by atoms with Crippen molar-refractivity contribution in [3.8, 4) is 17.4 Å².